The predicted molar refractivity (Wildman–Crippen MR) is 117 cm³/mol. The van der Waals surface area contributed by atoms with E-state index in [-0.39, 0.29) is 11.9 Å². The van der Waals surface area contributed by atoms with Crippen LogP contribution in [0.3, 0.4) is 0 Å². The van der Waals surface area contributed by atoms with E-state index in [9.17, 15) is 4.39 Å². The van der Waals surface area contributed by atoms with Crippen LogP contribution in [-0.2, 0) is 0 Å². The predicted octanol–water partition coefficient (Wildman–Crippen LogP) is 6.21. The average Bonchev–Trinajstić information content (AvgIpc) is 2.61. The van der Waals surface area contributed by atoms with Crippen LogP contribution in [-0.4, -0.2) is 31.6 Å². The summed E-state index contributed by atoms with van der Waals surface area (Å²) in [5, 5.41) is 3.62. The van der Waals surface area contributed by atoms with E-state index in [0.717, 1.165) is 29.4 Å². The number of nitrogens with one attached hydrogen (secondary N) is 1. The summed E-state index contributed by atoms with van der Waals surface area (Å²) in [5.41, 5.74) is 1.81. The van der Waals surface area contributed by atoms with E-state index in [4.69, 9.17) is 0 Å². The van der Waals surface area contributed by atoms with E-state index in [1.54, 1.807) is 6.07 Å². The Bertz CT molecular complexity index is 713. The second-order valence-corrected chi connectivity index (χ2v) is 9.55. The summed E-state index contributed by atoms with van der Waals surface area (Å²) < 4.78 is 15.5. The number of halogens is 2. The number of fused-ring (bicyclic) bond motifs is 1. The van der Waals surface area contributed by atoms with Gasteiger partial charge in [-0.2, -0.15) is 0 Å². The first-order valence-electron chi connectivity index (χ1n) is 10.1. The number of anilines is 1. The van der Waals surface area contributed by atoms with Gasteiger partial charge in [-0.3, -0.25) is 0 Å². The lowest BCUT2D eigenvalue weighted by atomic mass is 9.70. The van der Waals surface area contributed by atoms with Gasteiger partial charge >= 0.3 is 0 Å². The molecule has 27 heavy (non-hydrogen) atoms. The fourth-order valence-corrected chi connectivity index (χ4v) is 5.28. The van der Waals surface area contributed by atoms with Crippen molar-refractivity contribution in [3.63, 3.8) is 0 Å². The van der Waals surface area contributed by atoms with Crippen LogP contribution in [0, 0.1) is 23.6 Å². The van der Waals surface area contributed by atoms with Gasteiger partial charge in [0.2, 0.25) is 0 Å². The molecule has 1 aromatic carbocycles. The topological polar surface area (TPSA) is 15.3 Å². The molecule has 0 fully saturated rings. The fraction of sp³-hybridized carbons (Fsp3) is 0.565. The van der Waals surface area contributed by atoms with Crippen LogP contribution in [0.15, 0.2) is 40.9 Å². The highest BCUT2D eigenvalue weighted by molar-refractivity contribution is 9.10. The summed E-state index contributed by atoms with van der Waals surface area (Å²) in [4.78, 5) is 2.27. The van der Waals surface area contributed by atoms with Gasteiger partial charge in [-0.15, -0.1) is 0 Å². The van der Waals surface area contributed by atoms with Crippen molar-refractivity contribution in [2.45, 2.75) is 45.1 Å². The molecule has 1 aliphatic carbocycles. The Balaban J connectivity index is 1.86. The van der Waals surface area contributed by atoms with Crippen molar-refractivity contribution in [3.05, 3.63) is 52.3 Å². The van der Waals surface area contributed by atoms with Gasteiger partial charge in [-0.25, -0.2) is 4.39 Å². The average molecular weight is 435 g/mol. The van der Waals surface area contributed by atoms with Gasteiger partial charge in [0.25, 0.3) is 0 Å². The standard InChI is InChI=1S/C23H32BrFN2/c1-15(14-27(3)4)10-11-19-16(2)20-12-18(24)13-21(25)23(20)26-22(19)17-8-6-5-7-9-17/h5-8,12-13,15-17,19,22,26H,9-11,14H2,1-4H3/t15-,16+,17?,19-,22+/m1/s1. The van der Waals surface area contributed by atoms with Gasteiger partial charge in [-0.05, 0) is 68.8 Å². The Labute approximate surface area is 172 Å². The lowest BCUT2D eigenvalue weighted by molar-refractivity contribution is 0.256. The Morgan fingerprint density at radius 1 is 1.30 bits per heavy atom. The Morgan fingerprint density at radius 3 is 2.74 bits per heavy atom. The second-order valence-electron chi connectivity index (χ2n) is 8.63. The first-order chi connectivity index (χ1) is 12.9. The van der Waals surface area contributed by atoms with Gasteiger partial charge in [0.05, 0.1) is 5.69 Å². The van der Waals surface area contributed by atoms with E-state index in [2.05, 4.69) is 84.5 Å². The summed E-state index contributed by atoms with van der Waals surface area (Å²) in [5.74, 6) is 1.77. The number of rotatable bonds is 6. The number of hydrogen-bond acceptors (Lipinski definition) is 2. The molecule has 0 amide bonds. The number of hydrogen-bond donors (Lipinski definition) is 1. The van der Waals surface area contributed by atoms with E-state index >= 15 is 0 Å². The Hall–Kier alpha value is -1.13. The molecule has 1 unspecified atom stereocenters. The van der Waals surface area contributed by atoms with Crippen LogP contribution in [0.2, 0.25) is 0 Å². The quantitative estimate of drug-likeness (QED) is 0.571. The maximum absolute atomic E-state index is 14.7. The maximum atomic E-state index is 14.7. The zero-order valence-corrected chi connectivity index (χ0v) is 18.5. The molecule has 0 radical (unpaired) electrons. The molecule has 148 valence electrons. The molecule has 0 saturated carbocycles. The molecular weight excluding hydrogens is 403 g/mol. The van der Waals surface area contributed by atoms with Crippen LogP contribution in [0.4, 0.5) is 10.1 Å². The summed E-state index contributed by atoms with van der Waals surface area (Å²) in [6.07, 6.45) is 12.2. The molecule has 3 rings (SSSR count). The van der Waals surface area contributed by atoms with E-state index < -0.39 is 0 Å². The molecule has 0 bridgehead atoms. The molecule has 1 heterocycles. The highest BCUT2D eigenvalue weighted by atomic mass is 79.9. The van der Waals surface area contributed by atoms with Crippen molar-refractivity contribution in [1.82, 2.24) is 4.90 Å². The highest BCUT2D eigenvalue weighted by Gasteiger charge is 2.38. The van der Waals surface area contributed by atoms with Gasteiger partial charge in [0.1, 0.15) is 5.82 Å². The molecular formula is C23H32BrFN2. The summed E-state index contributed by atoms with van der Waals surface area (Å²) >= 11 is 3.48. The van der Waals surface area contributed by atoms with Gasteiger partial charge in [0.15, 0.2) is 0 Å². The van der Waals surface area contributed by atoms with Gasteiger partial charge < -0.3 is 10.2 Å². The highest BCUT2D eigenvalue weighted by Crippen LogP contribution is 2.45. The Kier molecular flexibility index (Phi) is 6.80. The summed E-state index contributed by atoms with van der Waals surface area (Å²) in [6, 6.07) is 3.95. The lowest BCUT2D eigenvalue weighted by Crippen LogP contribution is -2.42. The third-order valence-corrected chi connectivity index (χ3v) is 6.59. The van der Waals surface area contributed by atoms with Crippen LogP contribution >= 0.6 is 15.9 Å². The summed E-state index contributed by atoms with van der Waals surface area (Å²) in [7, 11) is 4.28. The fourth-order valence-electron chi connectivity index (χ4n) is 4.83. The zero-order chi connectivity index (χ0) is 19.6. The zero-order valence-electron chi connectivity index (χ0n) is 16.9. The largest absolute Gasteiger partial charge is 0.379 e. The normalized spacial score (nSPS) is 28.1. The third kappa shape index (κ3) is 4.83. The number of benzene rings is 1. The first-order valence-corrected chi connectivity index (χ1v) is 10.9. The molecule has 0 spiro atoms. The van der Waals surface area contributed by atoms with Crippen LogP contribution in [0.1, 0.15) is 44.6 Å². The minimum Gasteiger partial charge on any atom is -0.379 e. The first kappa shape index (κ1) is 20.6. The van der Waals surface area contributed by atoms with Crippen molar-refractivity contribution in [3.8, 4) is 0 Å². The molecule has 1 N–H and O–H groups in total. The number of nitrogens with zero attached hydrogens (tertiary/aromatic N) is 1. The monoisotopic (exact) mass is 434 g/mol. The SMILES string of the molecule is C[C@H](CC[C@@H]1[C@H](C)c2cc(Br)cc(F)c2N[C@H]1C1C=CC=CC1)CN(C)C. The Morgan fingerprint density at radius 2 is 2.07 bits per heavy atom. The van der Waals surface area contributed by atoms with E-state index in [1.165, 1.54) is 6.42 Å². The minimum atomic E-state index is -0.147. The molecule has 4 heteroatoms. The van der Waals surface area contributed by atoms with Crippen molar-refractivity contribution in [2.24, 2.45) is 17.8 Å². The molecule has 1 aliphatic heterocycles. The molecule has 0 aromatic heterocycles. The van der Waals surface area contributed by atoms with Crippen molar-refractivity contribution < 1.29 is 4.39 Å². The van der Waals surface area contributed by atoms with Gasteiger partial charge in [-0.1, -0.05) is 54.1 Å². The van der Waals surface area contributed by atoms with Crippen LogP contribution < -0.4 is 5.32 Å². The van der Waals surface area contributed by atoms with Crippen molar-refractivity contribution in [2.75, 3.05) is 26.0 Å². The lowest BCUT2D eigenvalue weighted by Gasteiger charge is -2.43. The maximum Gasteiger partial charge on any atom is 0.147 e. The van der Waals surface area contributed by atoms with E-state index in [1.807, 2.05) is 0 Å². The molecule has 1 aromatic rings. The minimum absolute atomic E-state index is 0.147. The number of allylic oxidation sites excluding steroid dienone is 3. The molecule has 2 nitrogen and oxygen atoms in total. The van der Waals surface area contributed by atoms with E-state index in [0.29, 0.717) is 29.4 Å². The van der Waals surface area contributed by atoms with Crippen molar-refractivity contribution in [1.29, 1.82) is 0 Å². The molecule has 0 saturated heterocycles. The van der Waals surface area contributed by atoms with Gasteiger partial charge in [0, 0.05) is 23.0 Å². The third-order valence-electron chi connectivity index (χ3n) is 6.14. The second kappa shape index (κ2) is 8.91. The van der Waals surface area contributed by atoms with Crippen molar-refractivity contribution >= 4 is 21.6 Å². The summed E-state index contributed by atoms with van der Waals surface area (Å²) in [6.45, 7) is 5.73. The molecule has 5 atom stereocenters. The molecule has 2 aliphatic rings. The van der Waals surface area contributed by atoms with Crippen LogP contribution in [0.25, 0.3) is 0 Å². The smallest absolute Gasteiger partial charge is 0.147 e. The van der Waals surface area contributed by atoms with Crippen LogP contribution in [0.5, 0.6) is 0 Å².